The molecule has 2 amide bonds. The molecule has 0 aliphatic carbocycles. The number of rotatable bonds is 5. The number of nitrogens with two attached hydrogens (primary N) is 1. The maximum atomic E-state index is 11.4. The predicted octanol–water partition coefficient (Wildman–Crippen LogP) is 2.24. The van der Waals surface area contributed by atoms with Crippen LogP contribution in [0.5, 0.6) is 0 Å². The number of fused-ring (bicyclic) bond motifs is 1. The van der Waals surface area contributed by atoms with Crippen LogP contribution in [0.25, 0.3) is 21.3 Å². The Morgan fingerprint density at radius 1 is 1.23 bits per heavy atom. The molecule has 0 aliphatic rings. The van der Waals surface area contributed by atoms with Crippen LogP contribution < -0.4 is 11.1 Å². The van der Waals surface area contributed by atoms with Crippen molar-refractivity contribution >= 4 is 33.9 Å². The normalized spacial score (nSPS) is 12.0. The second-order valence-electron chi connectivity index (χ2n) is 4.75. The highest BCUT2D eigenvalue weighted by Crippen LogP contribution is 2.31. The van der Waals surface area contributed by atoms with Gasteiger partial charge in [0.15, 0.2) is 0 Å². The number of aromatic nitrogens is 1. The third kappa shape index (κ3) is 2.56. The number of primary amides is 1. The van der Waals surface area contributed by atoms with Gasteiger partial charge >= 0.3 is 0 Å². The first-order valence-electron chi connectivity index (χ1n) is 6.62. The van der Waals surface area contributed by atoms with Crippen molar-refractivity contribution in [3.63, 3.8) is 0 Å². The van der Waals surface area contributed by atoms with E-state index in [0.717, 1.165) is 21.3 Å². The average Bonchev–Trinajstić information content (AvgIpc) is 3.01. The first kappa shape index (κ1) is 14.2. The van der Waals surface area contributed by atoms with Gasteiger partial charge in [-0.15, -0.1) is 11.3 Å². The van der Waals surface area contributed by atoms with E-state index in [9.17, 15) is 9.59 Å². The number of amides is 2. The molecule has 0 spiro atoms. The number of carbonyl (C=O) groups is 2. The van der Waals surface area contributed by atoms with Gasteiger partial charge in [0.25, 0.3) is 0 Å². The molecule has 6 heteroatoms. The Morgan fingerprint density at radius 3 is 2.68 bits per heavy atom. The van der Waals surface area contributed by atoms with Crippen LogP contribution >= 0.6 is 11.3 Å². The second-order valence-corrected chi connectivity index (χ2v) is 5.60. The van der Waals surface area contributed by atoms with Crippen LogP contribution in [0, 0.1) is 0 Å². The van der Waals surface area contributed by atoms with Crippen LogP contribution in [0.1, 0.15) is 11.6 Å². The zero-order chi connectivity index (χ0) is 15.5. The zero-order valence-electron chi connectivity index (χ0n) is 11.5. The van der Waals surface area contributed by atoms with Crippen LogP contribution in [0.2, 0.25) is 0 Å². The van der Waals surface area contributed by atoms with Gasteiger partial charge in [0.2, 0.25) is 12.3 Å². The van der Waals surface area contributed by atoms with E-state index < -0.39 is 11.9 Å². The summed E-state index contributed by atoms with van der Waals surface area (Å²) in [7, 11) is 0. The summed E-state index contributed by atoms with van der Waals surface area (Å²) in [5, 5.41) is 2.42. The molecular formula is C16H13N3O2S. The van der Waals surface area contributed by atoms with Gasteiger partial charge in [-0.1, -0.05) is 36.4 Å². The first-order chi connectivity index (χ1) is 10.7. The molecule has 5 nitrogen and oxygen atoms in total. The van der Waals surface area contributed by atoms with E-state index in [1.54, 1.807) is 23.5 Å². The Bertz CT molecular complexity index is 827. The van der Waals surface area contributed by atoms with Crippen molar-refractivity contribution in [2.24, 2.45) is 5.73 Å². The smallest absolute Gasteiger partial charge is 0.244 e. The van der Waals surface area contributed by atoms with E-state index in [1.807, 2.05) is 35.8 Å². The zero-order valence-corrected chi connectivity index (χ0v) is 12.3. The molecule has 1 heterocycles. The van der Waals surface area contributed by atoms with Crippen molar-refractivity contribution in [1.82, 2.24) is 10.3 Å². The summed E-state index contributed by atoms with van der Waals surface area (Å²) in [5.41, 5.74) is 10.8. The fourth-order valence-electron chi connectivity index (χ4n) is 2.38. The molecule has 2 aromatic carbocycles. The van der Waals surface area contributed by atoms with E-state index in [-0.39, 0.29) is 0 Å². The molecule has 1 atom stereocenters. The molecule has 3 rings (SSSR count). The number of hydrogen-bond donors (Lipinski definition) is 2. The Labute approximate surface area is 130 Å². The summed E-state index contributed by atoms with van der Waals surface area (Å²) in [4.78, 5) is 26.3. The van der Waals surface area contributed by atoms with Crippen LogP contribution in [0.15, 0.2) is 48.0 Å². The highest BCUT2D eigenvalue weighted by atomic mass is 32.1. The number of nitrogens with zero attached hydrogens (tertiary/aromatic N) is 1. The molecule has 0 aliphatic heterocycles. The quantitative estimate of drug-likeness (QED) is 0.709. The van der Waals surface area contributed by atoms with Crippen molar-refractivity contribution in [3.8, 4) is 11.1 Å². The fourth-order valence-corrected chi connectivity index (χ4v) is 3.21. The summed E-state index contributed by atoms with van der Waals surface area (Å²) < 4.78 is 1.12. The molecule has 1 aromatic heterocycles. The minimum atomic E-state index is -0.814. The van der Waals surface area contributed by atoms with Gasteiger partial charge in [-0.05, 0) is 17.2 Å². The Kier molecular flexibility index (Phi) is 3.84. The number of nitrogens with one attached hydrogen (secondary N) is 1. The molecule has 22 heavy (non-hydrogen) atoms. The Balaban J connectivity index is 1.99. The van der Waals surface area contributed by atoms with Crippen molar-refractivity contribution < 1.29 is 9.59 Å². The minimum Gasteiger partial charge on any atom is -0.368 e. The van der Waals surface area contributed by atoms with Gasteiger partial charge in [0, 0.05) is 5.56 Å². The van der Waals surface area contributed by atoms with Gasteiger partial charge in [0.05, 0.1) is 15.7 Å². The van der Waals surface area contributed by atoms with E-state index >= 15 is 0 Å². The summed E-state index contributed by atoms with van der Waals surface area (Å²) in [6.07, 6.45) is 0.474. The van der Waals surface area contributed by atoms with Crippen LogP contribution in [-0.4, -0.2) is 17.3 Å². The first-order valence-corrected chi connectivity index (χ1v) is 7.50. The highest BCUT2D eigenvalue weighted by Gasteiger charge is 2.16. The van der Waals surface area contributed by atoms with Gasteiger partial charge in [0.1, 0.15) is 6.04 Å². The third-order valence-electron chi connectivity index (χ3n) is 3.43. The van der Waals surface area contributed by atoms with E-state index in [1.165, 1.54) is 0 Å². The molecule has 0 radical (unpaired) electrons. The topological polar surface area (TPSA) is 85.1 Å². The van der Waals surface area contributed by atoms with E-state index in [0.29, 0.717) is 12.0 Å². The predicted molar refractivity (Wildman–Crippen MR) is 86.2 cm³/mol. The van der Waals surface area contributed by atoms with Gasteiger partial charge in [-0.3, -0.25) is 9.59 Å². The number of thiazole rings is 1. The summed E-state index contributed by atoms with van der Waals surface area (Å²) >= 11 is 1.59. The Morgan fingerprint density at radius 2 is 2.00 bits per heavy atom. The van der Waals surface area contributed by atoms with Crippen molar-refractivity contribution in [1.29, 1.82) is 0 Å². The molecule has 0 bridgehead atoms. The second kappa shape index (κ2) is 5.95. The van der Waals surface area contributed by atoms with Gasteiger partial charge in [-0.2, -0.15) is 0 Å². The monoisotopic (exact) mass is 311 g/mol. The molecule has 0 saturated carbocycles. The van der Waals surface area contributed by atoms with Crippen LogP contribution in [0.3, 0.4) is 0 Å². The summed E-state index contributed by atoms with van der Waals surface area (Å²) in [6.45, 7) is 0. The summed E-state index contributed by atoms with van der Waals surface area (Å²) in [5.74, 6) is -0.593. The van der Waals surface area contributed by atoms with Crippen molar-refractivity contribution in [3.05, 3.63) is 53.5 Å². The molecule has 0 fully saturated rings. The largest absolute Gasteiger partial charge is 0.368 e. The lowest BCUT2D eigenvalue weighted by Gasteiger charge is -2.13. The van der Waals surface area contributed by atoms with Crippen LogP contribution in [0.4, 0.5) is 0 Å². The molecule has 3 N–H and O–H groups in total. The highest BCUT2D eigenvalue weighted by molar-refractivity contribution is 7.17. The molecule has 3 aromatic rings. The van der Waals surface area contributed by atoms with Crippen molar-refractivity contribution in [2.45, 2.75) is 6.04 Å². The maximum Gasteiger partial charge on any atom is 0.244 e. The molecule has 1 unspecified atom stereocenters. The average molecular weight is 311 g/mol. The van der Waals surface area contributed by atoms with Crippen LogP contribution in [-0.2, 0) is 9.59 Å². The molecular weight excluding hydrogens is 298 g/mol. The fraction of sp³-hybridized carbons (Fsp3) is 0.0625. The third-order valence-corrected chi connectivity index (χ3v) is 4.31. The number of benzene rings is 2. The molecule has 110 valence electrons. The number of hydrogen-bond acceptors (Lipinski definition) is 4. The Hall–Kier alpha value is -2.73. The van der Waals surface area contributed by atoms with E-state index in [4.69, 9.17) is 5.73 Å². The lowest BCUT2D eigenvalue weighted by atomic mass is 10.0. The van der Waals surface area contributed by atoms with Gasteiger partial charge < -0.3 is 11.1 Å². The maximum absolute atomic E-state index is 11.4. The minimum absolute atomic E-state index is 0.474. The van der Waals surface area contributed by atoms with E-state index in [2.05, 4.69) is 10.3 Å². The summed E-state index contributed by atoms with van der Waals surface area (Å²) in [6, 6.07) is 12.6. The van der Waals surface area contributed by atoms with Crippen molar-refractivity contribution in [2.75, 3.05) is 0 Å². The SMILES string of the molecule is NC(=O)C(NC=O)c1ccc(-c2cccc3ncsc23)cc1. The molecule has 0 saturated heterocycles. The number of carbonyl (C=O) groups excluding carboxylic acids is 2. The lowest BCUT2D eigenvalue weighted by Crippen LogP contribution is -2.32. The van der Waals surface area contributed by atoms with Gasteiger partial charge in [-0.25, -0.2) is 4.98 Å². The lowest BCUT2D eigenvalue weighted by molar-refractivity contribution is -0.122. The standard InChI is InChI=1S/C16H13N3O2S/c17-16(21)14(18-8-20)11-6-4-10(5-7-11)12-2-1-3-13-15(12)22-9-19-13/h1-9,14H,(H2,17,21)(H,18,20).